The van der Waals surface area contributed by atoms with E-state index in [-0.39, 0.29) is 0 Å². The summed E-state index contributed by atoms with van der Waals surface area (Å²) in [5, 5.41) is 9.91. The van der Waals surface area contributed by atoms with E-state index in [0.29, 0.717) is 0 Å². The third-order valence-corrected chi connectivity index (χ3v) is 0.479. The molecule has 0 aromatic carbocycles. The van der Waals surface area contributed by atoms with E-state index in [9.17, 15) is 0 Å². The van der Waals surface area contributed by atoms with Gasteiger partial charge in [0.15, 0.2) is 6.33 Å². The average Bonchev–Trinajstić information content (AvgIpc) is 1.86. The van der Waals surface area contributed by atoms with Crippen molar-refractivity contribution in [2.75, 3.05) is 0 Å². The van der Waals surface area contributed by atoms with Crippen molar-refractivity contribution in [3.8, 4) is 0 Å². The first-order valence-electron chi connectivity index (χ1n) is 1.29. The number of nitrogens with zero attached hydrogens (tertiary/aromatic N) is 4. The van der Waals surface area contributed by atoms with E-state index in [1.54, 1.807) is 0 Å². The zero-order valence-corrected chi connectivity index (χ0v) is 3.50. The highest BCUT2D eigenvalue weighted by Gasteiger charge is 1.75. The molecule has 32 valence electrons. The van der Waals surface area contributed by atoms with Crippen molar-refractivity contribution in [2.24, 2.45) is 0 Å². The van der Waals surface area contributed by atoms with Gasteiger partial charge in [-0.15, -0.1) is 10.2 Å². The molecule has 6 heavy (non-hydrogen) atoms. The molecule has 0 N–H and O–H groups in total. The van der Waals surface area contributed by atoms with Crippen LogP contribution in [0.25, 0.3) is 0 Å². The topological polar surface area (TPSA) is 43.6 Å². The highest BCUT2D eigenvalue weighted by Crippen LogP contribution is 1.70. The number of rotatable bonds is 0. The fourth-order valence-corrected chi connectivity index (χ4v) is 0.233. The Balaban J connectivity index is 3.05. The van der Waals surface area contributed by atoms with Crippen molar-refractivity contribution < 1.29 is 0 Å². The van der Waals surface area contributed by atoms with E-state index in [1.165, 1.54) is 6.33 Å². The van der Waals surface area contributed by atoms with Crippen LogP contribution in [0.4, 0.5) is 0 Å². The molecule has 1 heterocycles. The summed E-state index contributed by atoms with van der Waals surface area (Å²) >= 11 is 5.09. The van der Waals surface area contributed by atoms with Crippen molar-refractivity contribution in [1.82, 2.24) is 19.7 Å². The van der Waals surface area contributed by atoms with Crippen LogP contribution < -0.4 is 0 Å². The molecule has 0 radical (unpaired) electrons. The molecule has 0 unspecified atom stereocenters. The fourth-order valence-electron chi connectivity index (χ4n) is 0.155. The molecule has 0 aliphatic rings. The molecule has 0 saturated heterocycles. The second kappa shape index (κ2) is 1.22. The van der Waals surface area contributed by atoms with Gasteiger partial charge in [0.05, 0.1) is 11.8 Å². The fraction of sp³-hybridized carbons (Fsp3) is 0. The van der Waals surface area contributed by atoms with Crippen LogP contribution >= 0.6 is 11.8 Å². The quantitative estimate of drug-likeness (QED) is 0.453. The second-order valence-corrected chi connectivity index (χ2v) is 0.979. The maximum Gasteiger partial charge on any atom is 0.163 e. The van der Waals surface area contributed by atoms with Crippen LogP contribution in [0.5, 0.6) is 0 Å². The summed E-state index contributed by atoms with van der Waals surface area (Å²) in [4.78, 5) is 0. The van der Waals surface area contributed by atoms with E-state index in [2.05, 4.69) is 15.4 Å². The Hall–Kier alpha value is -0.640. The van der Waals surface area contributed by atoms with Gasteiger partial charge in [0.2, 0.25) is 0 Å². The number of halogens is 1. The van der Waals surface area contributed by atoms with E-state index in [0.717, 1.165) is 4.32 Å². The monoisotopic (exact) mass is 104 g/mol. The van der Waals surface area contributed by atoms with Crippen molar-refractivity contribution in [3.05, 3.63) is 6.33 Å². The Kier molecular flexibility index (Phi) is 0.719. The van der Waals surface area contributed by atoms with Gasteiger partial charge in [-0.1, -0.05) is 4.32 Å². The smallest absolute Gasteiger partial charge is 0.123 e. The summed E-state index contributed by atoms with van der Waals surface area (Å²) in [5.74, 6) is 0. The maximum atomic E-state index is 5.09. The van der Waals surface area contributed by atoms with Crippen molar-refractivity contribution >= 4 is 11.8 Å². The second-order valence-electron chi connectivity index (χ2n) is 0.676. The Bertz CT molecular complexity index is 111. The number of hydrogen-bond acceptors (Lipinski definition) is 3. The molecule has 0 aliphatic heterocycles. The lowest BCUT2D eigenvalue weighted by molar-refractivity contribution is 0.804. The number of hydrogen-bond donors (Lipinski definition) is 0. The normalized spacial score (nSPS) is 8.83. The maximum absolute atomic E-state index is 5.09. The van der Waals surface area contributed by atoms with Gasteiger partial charge in [0.25, 0.3) is 0 Å². The van der Waals surface area contributed by atoms with Gasteiger partial charge in [0.1, 0.15) is 0 Å². The van der Waals surface area contributed by atoms with Crippen LogP contribution in [0, 0.1) is 0 Å². The molecule has 1 aromatic rings. The summed E-state index contributed by atoms with van der Waals surface area (Å²) in [5.41, 5.74) is 0. The summed E-state index contributed by atoms with van der Waals surface area (Å²) in [6.45, 7) is 0. The molecular weight excluding hydrogens is 103 g/mol. The van der Waals surface area contributed by atoms with Crippen LogP contribution in [0.3, 0.4) is 0 Å². The third kappa shape index (κ3) is 0.463. The van der Waals surface area contributed by atoms with Gasteiger partial charge in [-0.2, -0.15) is 0 Å². The largest absolute Gasteiger partial charge is 0.163 e. The summed E-state index contributed by atoms with van der Waals surface area (Å²) in [6, 6.07) is 0. The lowest BCUT2D eigenvalue weighted by Crippen LogP contribution is -1.82. The first-order chi connectivity index (χ1) is 2.89. The highest BCUT2D eigenvalue weighted by molar-refractivity contribution is 6.13. The van der Waals surface area contributed by atoms with Crippen molar-refractivity contribution in [2.45, 2.75) is 0 Å². The van der Waals surface area contributed by atoms with E-state index < -0.39 is 0 Å². The van der Waals surface area contributed by atoms with Crippen LogP contribution in [0.1, 0.15) is 0 Å². The minimum absolute atomic E-state index is 0.861. The van der Waals surface area contributed by atoms with Crippen LogP contribution in [0.15, 0.2) is 6.33 Å². The predicted octanol–water partition coefficient (Wildman–Crippen LogP) is -0.325. The Morgan fingerprint density at radius 2 is 2.50 bits per heavy atom. The average molecular weight is 104 g/mol. The molecule has 0 aliphatic carbocycles. The molecule has 4 nitrogen and oxygen atoms in total. The first-order valence-corrected chi connectivity index (χ1v) is 1.62. The van der Waals surface area contributed by atoms with Crippen molar-refractivity contribution in [3.63, 3.8) is 0 Å². The molecule has 0 atom stereocenters. The molecule has 5 heteroatoms. The van der Waals surface area contributed by atoms with Gasteiger partial charge >= 0.3 is 0 Å². The zero-order valence-electron chi connectivity index (χ0n) is 2.74. The Morgan fingerprint density at radius 1 is 1.67 bits per heavy atom. The molecule has 0 amide bonds. The molecule has 0 bridgehead atoms. The Labute approximate surface area is 38.8 Å². The number of aromatic nitrogens is 4. The number of tetrazole rings is 1. The molecule has 1 aromatic heterocycles. The summed E-state index contributed by atoms with van der Waals surface area (Å²) in [7, 11) is 0. The minimum atomic E-state index is 0.861. The van der Waals surface area contributed by atoms with Gasteiger partial charge in [-0.25, -0.2) is 0 Å². The van der Waals surface area contributed by atoms with Gasteiger partial charge in [-0.3, -0.25) is 0 Å². The highest BCUT2D eigenvalue weighted by atomic mass is 35.5. The zero-order chi connectivity index (χ0) is 4.41. The lowest BCUT2D eigenvalue weighted by Gasteiger charge is -1.66. The summed E-state index contributed by atoms with van der Waals surface area (Å²) < 4.78 is 0.861. The molecule has 0 saturated carbocycles. The predicted molar refractivity (Wildman–Crippen MR) is 19.1 cm³/mol. The van der Waals surface area contributed by atoms with E-state index >= 15 is 0 Å². The Morgan fingerprint density at radius 3 is 2.67 bits per heavy atom. The first kappa shape index (κ1) is 3.55. The third-order valence-electron chi connectivity index (χ3n) is 0.324. The minimum Gasteiger partial charge on any atom is -0.123 e. The summed E-state index contributed by atoms with van der Waals surface area (Å²) in [6.07, 6.45) is 1.26. The molecule has 0 spiro atoms. The molecule has 0 fully saturated rings. The standard InChI is InChI=1S/CHClN4/c2-6-4-1-3-5-6/h1H. The molecular formula is CHClN4. The molecule has 1 rings (SSSR count). The SMILES string of the molecule is Cln1ncnn1. The van der Waals surface area contributed by atoms with Gasteiger partial charge < -0.3 is 0 Å². The van der Waals surface area contributed by atoms with Crippen molar-refractivity contribution in [1.29, 1.82) is 0 Å². The van der Waals surface area contributed by atoms with E-state index in [1.807, 2.05) is 0 Å². The van der Waals surface area contributed by atoms with E-state index in [4.69, 9.17) is 11.8 Å². The lowest BCUT2D eigenvalue weighted by atomic mass is 11.4. The van der Waals surface area contributed by atoms with Gasteiger partial charge in [-0.05, 0) is 5.21 Å². The van der Waals surface area contributed by atoms with Gasteiger partial charge in [0, 0.05) is 0 Å². The van der Waals surface area contributed by atoms with Crippen LogP contribution in [0.2, 0.25) is 0 Å². The van der Waals surface area contributed by atoms with Crippen LogP contribution in [-0.4, -0.2) is 19.7 Å². The van der Waals surface area contributed by atoms with Crippen LogP contribution in [-0.2, 0) is 0 Å².